The summed E-state index contributed by atoms with van der Waals surface area (Å²) >= 11 is 0. The predicted molar refractivity (Wildman–Crippen MR) is 65.7 cm³/mol. The minimum absolute atomic E-state index is 0.0473. The molecule has 15 heavy (non-hydrogen) atoms. The van der Waals surface area contributed by atoms with Crippen LogP contribution in [0.4, 0.5) is 5.69 Å². The summed E-state index contributed by atoms with van der Waals surface area (Å²) in [6, 6.07) is 9.22. The topological polar surface area (TPSA) is 44.5 Å². The number of nitrogens with two attached hydrogens (primary N) is 1. The summed E-state index contributed by atoms with van der Waals surface area (Å²) in [4.78, 5) is 0. The highest BCUT2D eigenvalue weighted by Crippen LogP contribution is 2.09. The summed E-state index contributed by atoms with van der Waals surface area (Å²) in [6.07, 6.45) is 1.07. The van der Waals surface area contributed by atoms with Crippen molar-refractivity contribution in [2.45, 2.75) is 18.4 Å². The van der Waals surface area contributed by atoms with E-state index in [2.05, 4.69) is 6.07 Å². The number of aryl methyl sites for hydroxylation is 1. The second-order valence-electron chi connectivity index (χ2n) is 3.54. The van der Waals surface area contributed by atoms with Crippen LogP contribution in [0.3, 0.4) is 0 Å². The number of hydrogen-bond donors (Lipinski definition) is 1. The molecule has 0 fully saturated rings. The lowest BCUT2D eigenvalue weighted by Gasteiger charge is -2.12. The Kier molecular flexibility index (Phi) is 5.38. The Morgan fingerprint density at radius 1 is 1.33 bits per heavy atom. The van der Waals surface area contributed by atoms with Crippen LogP contribution in [-0.2, 0) is 15.9 Å². The molecule has 0 saturated carbocycles. The van der Waals surface area contributed by atoms with Crippen LogP contribution in [0.25, 0.3) is 0 Å². The van der Waals surface area contributed by atoms with Crippen LogP contribution < -0.4 is 5.73 Å². The van der Waals surface area contributed by atoms with Gasteiger partial charge < -0.3 is 15.2 Å². The number of ether oxygens (including phenoxy) is 2. The number of rotatable bonds is 6. The molecule has 0 aliphatic carbocycles. The van der Waals surface area contributed by atoms with Crippen molar-refractivity contribution in [3.8, 4) is 0 Å². The number of nitrogen functional groups attached to an aromatic ring is 1. The van der Waals surface area contributed by atoms with Crippen molar-refractivity contribution in [2.24, 2.45) is 0 Å². The molecule has 4 heteroatoms. The predicted octanol–water partition coefficient (Wildman–Crippen LogP) is 0.975. The zero-order chi connectivity index (χ0) is 11.1. The quantitative estimate of drug-likeness (QED) is 0.446. The second kappa shape index (κ2) is 6.61. The highest BCUT2D eigenvalue weighted by Gasteiger charge is 2.05. The van der Waals surface area contributed by atoms with Crippen molar-refractivity contribution in [3.05, 3.63) is 29.8 Å². The largest absolute Gasteiger partial charge is 0.399 e. The van der Waals surface area contributed by atoms with Crippen molar-refractivity contribution < 1.29 is 9.47 Å². The first-order valence-corrected chi connectivity index (χ1v) is 6.98. The molecule has 0 aromatic heterocycles. The van der Waals surface area contributed by atoms with E-state index in [1.807, 2.05) is 18.2 Å². The normalized spacial score (nSPS) is 11.7. The molecular formula is C11H19NO2Si. The van der Waals surface area contributed by atoms with E-state index in [0.717, 1.165) is 12.1 Å². The van der Waals surface area contributed by atoms with E-state index in [0.29, 0.717) is 0 Å². The van der Waals surface area contributed by atoms with Crippen LogP contribution >= 0.6 is 0 Å². The fraction of sp³-hybridized carbons (Fsp3) is 0.455. The van der Waals surface area contributed by atoms with Crippen LogP contribution in [0, 0.1) is 0 Å². The van der Waals surface area contributed by atoms with Gasteiger partial charge in [0.1, 0.15) is 5.91 Å². The van der Waals surface area contributed by atoms with E-state index < -0.39 is 0 Å². The molecule has 0 spiro atoms. The summed E-state index contributed by atoms with van der Waals surface area (Å²) in [6.45, 7) is 0. The molecular weight excluding hydrogens is 206 g/mol. The fourth-order valence-electron chi connectivity index (χ4n) is 1.55. The zero-order valence-electron chi connectivity index (χ0n) is 9.40. The first-order valence-electron chi connectivity index (χ1n) is 5.16. The van der Waals surface area contributed by atoms with Gasteiger partial charge in [-0.05, 0) is 24.1 Å². The van der Waals surface area contributed by atoms with Gasteiger partial charge in [0, 0.05) is 19.9 Å². The van der Waals surface area contributed by atoms with Gasteiger partial charge >= 0.3 is 0 Å². The van der Waals surface area contributed by atoms with E-state index in [1.165, 1.54) is 11.6 Å². The molecule has 1 aromatic carbocycles. The van der Waals surface area contributed by atoms with Crippen LogP contribution in [0.1, 0.15) is 5.56 Å². The molecule has 0 unspecified atom stereocenters. The number of benzene rings is 1. The first-order chi connectivity index (χ1) is 7.26. The smallest absolute Gasteiger partial charge is 0.134 e. The number of hydrogen-bond acceptors (Lipinski definition) is 3. The van der Waals surface area contributed by atoms with Crippen molar-refractivity contribution >= 4 is 15.2 Å². The highest BCUT2D eigenvalue weighted by atomic mass is 28.2. The van der Waals surface area contributed by atoms with Gasteiger partial charge in [-0.1, -0.05) is 18.2 Å². The summed E-state index contributed by atoms with van der Waals surface area (Å²) in [5, 5.41) is 0. The summed E-state index contributed by atoms with van der Waals surface area (Å²) in [7, 11) is 3.08. The second-order valence-corrected chi connectivity index (χ2v) is 5.49. The van der Waals surface area contributed by atoms with Gasteiger partial charge in [0.25, 0.3) is 0 Å². The molecule has 1 aromatic rings. The Labute approximate surface area is 93.4 Å². The van der Waals surface area contributed by atoms with Gasteiger partial charge in [0.15, 0.2) is 0 Å². The third kappa shape index (κ3) is 4.46. The molecule has 0 amide bonds. The maximum absolute atomic E-state index is 5.70. The van der Waals surface area contributed by atoms with E-state index in [9.17, 15) is 0 Å². The Balaban J connectivity index is 2.31. The summed E-state index contributed by atoms with van der Waals surface area (Å²) in [5.74, 6) is 0.0473. The third-order valence-corrected chi connectivity index (χ3v) is 4.28. The van der Waals surface area contributed by atoms with Crippen LogP contribution in [0.5, 0.6) is 0 Å². The Morgan fingerprint density at radius 3 is 2.67 bits per heavy atom. The molecule has 0 aliphatic rings. The van der Waals surface area contributed by atoms with Gasteiger partial charge in [-0.15, -0.1) is 0 Å². The number of methoxy groups -OCH3 is 2. The minimum Gasteiger partial charge on any atom is -0.399 e. The SMILES string of the molecule is COC(OC)[SiH2]CCc1cccc(N)c1. The Bertz CT molecular complexity index is 290. The van der Waals surface area contributed by atoms with Gasteiger partial charge in [-0.3, -0.25) is 0 Å². The van der Waals surface area contributed by atoms with E-state index in [-0.39, 0.29) is 15.4 Å². The molecule has 0 saturated heterocycles. The molecule has 0 heterocycles. The van der Waals surface area contributed by atoms with Gasteiger partial charge in [-0.2, -0.15) is 0 Å². The molecule has 0 atom stereocenters. The highest BCUT2D eigenvalue weighted by molar-refractivity contribution is 6.36. The van der Waals surface area contributed by atoms with Crippen molar-refractivity contribution in [3.63, 3.8) is 0 Å². The number of anilines is 1. The Hall–Kier alpha value is -0.843. The van der Waals surface area contributed by atoms with Crippen LogP contribution in [0.2, 0.25) is 6.04 Å². The Morgan fingerprint density at radius 2 is 2.07 bits per heavy atom. The summed E-state index contributed by atoms with van der Waals surface area (Å²) in [5.41, 5.74) is 7.84. The fourth-order valence-corrected chi connectivity index (χ4v) is 2.97. The lowest BCUT2D eigenvalue weighted by Crippen LogP contribution is -2.21. The van der Waals surface area contributed by atoms with Crippen LogP contribution in [-0.4, -0.2) is 29.7 Å². The average Bonchev–Trinajstić information content (AvgIpc) is 2.25. The lowest BCUT2D eigenvalue weighted by molar-refractivity contribution is -0.0440. The van der Waals surface area contributed by atoms with Crippen molar-refractivity contribution in [1.29, 1.82) is 0 Å². The first kappa shape index (κ1) is 12.2. The summed E-state index contributed by atoms with van der Waals surface area (Å²) < 4.78 is 10.4. The van der Waals surface area contributed by atoms with E-state index >= 15 is 0 Å². The van der Waals surface area contributed by atoms with E-state index in [1.54, 1.807) is 14.2 Å². The maximum Gasteiger partial charge on any atom is 0.134 e. The third-order valence-electron chi connectivity index (χ3n) is 2.38. The molecule has 1 rings (SSSR count). The molecule has 2 N–H and O–H groups in total. The maximum atomic E-state index is 5.70. The lowest BCUT2D eigenvalue weighted by atomic mass is 10.1. The molecule has 0 radical (unpaired) electrons. The van der Waals surface area contributed by atoms with Crippen molar-refractivity contribution in [1.82, 2.24) is 0 Å². The molecule has 3 nitrogen and oxygen atoms in total. The monoisotopic (exact) mass is 225 g/mol. The van der Waals surface area contributed by atoms with Crippen molar-refractivity contribution in [2.75, 3.05) is 20.0 Å². The average molecular weight is 225 g/mol. The van der Waals surface area contributed by atoms with E-state index in [4.69, 9.17) is 15.2 Å². The zero-order valence-corrected chi connectivity index (χ0v) is 10.8. The van der Waals surface area contributed by atoms with Crippen LogP contribution in [0.15, 0.2) is 24.3 Å². The van der Waals surface area contributed by atoms with Gasteiger partial charge in [0.2, 0.25) is 0 Å². The minimum atomic E-state index is -0.316. The van der Waals surface area contributed by atoms with Gasteiger partial charge in [0.05, 0.1) is 9.52 Å². The van der Waals surface area contributed by atoms with Gasteiger partial charge in [-0.25, -0.2) is 0 Å². The molecule has 84 valence electrons. The molecule has 0 bridgehead atoms. The molecule has 0 aliphatic heterocycles. The standard InChI is InChI=1S/C11H19NO2Si/c1-13-11(14-2)15-7-6-9-4-3-5-10(12)8-9/h3-5,8,11H,6-7,12,15H2,1-2H3.